The molecule has 0 saturated carbocycles. The molecular weight excluding hydrogens is 461 g/mol. The zero-order chi connectivity index (χ0) is 24.3. The number of halogens is 4. The van der Waals surface area contributed by atoms with E-state index < -0.39 is 28.9 Å². The minimum atomic E-state index is -0.814. The fourth-order valence-corrected chi connectivity index (χ4v) is 3.36. The van der Waals surface area contributed by atoms with Gasteiger partial charge in [0.15, 0.2) is 0 Å². The average molecular weight is 481 g/mol. The number of ether oxygens (including phenoxy) is 1. The number of carbonyl (C=O) groups is 1. The lowest BCUT2D eigenvalue weighted by atomic mass is 10.1. The lowest BCUT2D eigenvalue weighted by Crippen LogP contribution is -2.30. The maximum Gasteiger partial charge on any atom is 0.277 e. The lowest BCUT2D eigenvalue weighted by molar-refractivity contribution is 0.0767. The quantitative estimate of drug-likeness (QED) is 0.557. The van der Waals surface area contributed by atoms with Gasteiger partial charge >= 0.3 is 0 Å². The molecule has 0 unspecified atom stereocenters. The van der Waals surface area contributed by atoms with E-state index in [0.717, 1.165) is 16.7 Å². The second-order valence-corrected chi connectivity index (χ2v) is 7.62. The second kappa shape index (κ2) is 10.1. The molecule has 0 radical (unpaired) electrons. The summed E-state index contributed by atoms with van der Waals surface area (Å²) in [6.07, 6.45) is 0. The predicted molar refractivity (Wildman–Crippen MR) is 116 cm³/mol. The molecule has 0 aliphatic carbocycles. The zero-order valence-electron chi connectivity index (χ0n) is 17.7. The highest BCUT2D eigenvalue weighted by Crippen LogP contribution is 2.26. The molecule has 3 rings (SSSR count). The van der Waals surface area contributed by atoms with Crippen molar-refractivity contribution in [2.75, 3.05) is 20.2 Å². The number of nitrogens with zero attached hydrogens (tertiary/aromatic N) is 2. The normalized spacial score (nSPS) is 10.9. The first kappa shape index (κ1) is 24.3. The van der Waals surface area contributed by atoms with Crippen molar-refractivity contribution < 1.29 is 27.8 Å². The van der Waals surface area contributed by atoms with Gasteiger partial charge in [-0.3, -0.25) is 14.2 Å². The molecule has 0 aliphatic rings. The molecule has 0 bridgehead atoms. The molecule has 0 atom stereocenters. The van der Waals surface area contributed by atoms with Crippen molar-refractivity contribution in [3.8, 4) is 11.4 Å². The van der Waals surface area contributed by atoms with E-state index in [-0.39, 0.29) is 53.0 Å². The summed E-state index contributed by atoms with van der Waals surface area (Å²) >= 11 is 6.16. The van der Waals surface area contributed by atoms with E-state index in [0.29, 0.717) is 6.07 Å². The number of aromatic nitrogens is 1. The second-order valence-electron chi connectivity index (χ2n) is 7.25. The topological polar surface area (TPSA) is 71.8 Å². The highest BCUT2D eigenvalue weighted by atomic mass is 35.5. The predicted octanol–water partition coefficient (Wildman–Crippen LogP) is 3.86. The molecule has 3 aromatic rings. The molecule has 0 aliphatic heterocycles. The van der Waals surface area contributed by atoms with Gasteiger partial charge in [-0.05, 0) is 37.3 Å². The van der Waals surface area contributed by atoms with Crippen molar-refractivity contribution in [3.05, 3.63) is 92.1 Å². The summed E-state index contributed by atoms with van der Waals surface area (Å²) in [5, 5.41) is 8.64. The van der Waals surface area contributed by atoms with Crippen LogP contribution in [0, 0.1) is 24.4 Å². The number of aliphatic hydroxyl groups is 1. The smallest absolute Gasteiger partial charge is 0.277 e. The van der Waals surface area contributed by atoms with Crippen LogP contribution in [0.2, 0.25) is 5.02 Å². The van der Waals surface area contributed by atoms with E-state index in [2.05, 4.69) is 0 Å². The Balaban J connectivity index is 1.97. The van der Waals surface area contributed by atoms with Crippen molar-refractivity contribution in [1.29, 1.82) is 0 Å². The van der Waals surface area contributed by atoms with Crippen LogP contribution in [0.4, 0.5) is 13.2 Å². The molecule has 174 valence electrons. The summed E-state index contributed by atoms with van der Waals surface area (Å²) in [6.45, 7) is 1.03. The first-order valence-corrected chi connectivity index (χ1v) is 10.2. The van der Waals surface area contributed by atoms with Crippen molar-refractivity contribution >= 4 is 17.5 Å². The maximum atomic E-state index is 14.6. The van der Waals surface area contributed by atoms with Crippen LogP contribution < -0.4 is 10.3 Å². The van der Waals surface area contributed by atoms with Crippen LogP contribution in [0.1, 0.15) is 21.6 Å². The number of benzene rings is 2. The Bertz CT molecular complexity index is 1260. The van der Waals surface area contributed by atoms with Gasteiger partial charge in [0, 0.05) is 42.5 Å². The number of aryl methyl sites for hydroxylation is 1. The molecule has 10 heteroatoms. The summed E-state index contributed by atoms with van der Waals surface area (Å²) in [4.78, 5) is 26.7. The lowest BCUT2D eigenvalue weighted by Gasteiger charge is -2.18. The van der Waals surface area contributed by atoms with Gasteiger partial charge in [-0.1, -0.05) is 11.6 Å². The van der Waals surface area contributed by atoms with Gasteiger partial charge in [0.2, 0.25) is 0 Å². The monoisotopic (exact) mass is 480 g/mol. The maximum absolute atomic E-state index is 14.6. The minimum absolute atomic E-state index is 0.0542. The number of likely N-dealkylation sites (N-methyl/N-ethyl adjacent to an activating group) is 1. The van der Waals surface area contributed by atoms with E-state index in [1.54, 1.807) is 0 Å². The Morgan fingerprint density at radius 1 is 1.12 bits per heavy atom. The molecule has 1 N–H and O–H groups in total. The molecule has 0 saturated heterocycles. The Morgan fingerprint density at radius 3 is 2.52 bits per heavy atom. The van der Waals surface area contributed by atoms with Crippen LogP contribution in [0.25, 0.3) is 5.69 Å². The van der Waals surface area contributed by atoms with Crippen LogP contribution in [0.15, 0.2) is 47.3 Å². The van der Waals surface area contributed by atoms with Crippen LogP contribution >= 0.6 is 11.6 Å². The Morgan fingerprint density at radius 2 is 1.85 bits per heavy atom. The van der Waals surface area contributed by atoms with Gasteiger partial charge in [0.1, 0.15) is 34.8 Å². The van der Waals surface area contributed by atoms with Crippen molar-refractivity contribution in [2.24, 2.45) is 0 Å². The first-order chi connectivity index (χ1) is 15.6. The van der Waals surface area contributed by atoms with Gasteiger partial charge in [0.25, 0.3) is 11.5 Å². The van der Waals surface area contributed by atoms with E-state index in [4.69, 9.17) is 21.4 Å². The molecule has 0 fully saturated rings. The van der Waals surface area contributed by atoms with Crippen LogP contribution in [-0.2, 0) is 6.61 Å². The van der Waals surface area contributed by atoms with Crippen LogP contribution in [-0.4, -0.2) is 40.7 Å². The van der Waals surface area contributed by atoms with Crippen LogP contribution in [0.3, 0.4) is 0 Å². The van der Waals surface area contributed by atoms with Crippen molar-refractivity contribution in [3.63, 3.8) is 0 Å². The minimum Gasteiger partial charge on any atom is -0.487 e. The number of pyridine rings is 1. The number of carbonyl (C=O) groups excluding carboxylic acids is 1. The molecule has 1 aromatic heterocycles. The van der Waals surface area contributed by atoms with E-state index in [1.165, 1.54) is 43.1 Å². The molecule has 33 heavy (non-hydrogen) atoms. The first-order valence-electron chi connectivity index (χ1n) is 9.79. The zero-order valence-corrected chi connectivity index (χ0v) is 18.5. The Labute approximate surface area is 192 Å². The molecule has 1 heterocycles. The van der Waals surface area contributed by atoms with Gasteiger partial charge in [-0.2, -0.15) is 0 Å². The third-order valence-electron chi connectivity index (χ3n) is 4.91. The summed E-state index contributed by atoms with van der Waals surface area (Å²) in [5.74, 6) is -2.85. The number of amides is 1. The van der Waals surface area contributed by atoms with E-state index in [1.807, 2.05) is 0 Å². The van der Waals surface area contributed by atoms with Gasteiger partial charge in [0.05, 0.1) is 12.3 Å². The Hall–Kier alpha value is -3.30. The molecule has 0 spiro atoms. The standard InChI is InChI=1S/C23H20ClF3N2O4/c1-13-9-20(33-12-15-3-5-16(25)11-18(15)27)21(24)23(32)29(13)19-10-14(4-6-17(19)26)22(31)28(2)7-8-30/h3-6,9-11,30H,7-8,12H2,1-2H3. The van der Waals surface area contributed by atoms with E-state index in [9.17, 15) is 22.8 Å². The van der Waals surface area contributed by atoms with Gasteiger partial charge in [-0.25, -0.2) is 13.2 Å². The fourth-order valence-electron chi connectivity index (χ4n) is 3.17. The summed E-state index contributed by atoms with van der Waals surface area (Å²) in [6, 6.07) is 7.89. The van der Waals surface area contributed by atoms with Crippen molar-refractivity contribution in [2.45, 2.75) is 13.5 Å². The number of hydrogen-bond acceptors (Lipinski definition) is 4. The fraction of sp³-hybridized carbons (Fsp3) is 0.217. The molecular formula is C23H20ClF3N2O4. The number of rotatable bonds is 7. The molecule has 1 amide bonds. The van der Waals surface area contributed by atoms with E-state index >= 15 is 0 Å². The third kappa shape index (κ3) is 5.20. The van der Waals surface area contributed by atoms with Gasteiger partial charge in [-0.15, -0.1) is 0 Å². The largest absolute Gasteiger partial charge is 0.487 e. The summed E-state index contributed by atoms with van der Waals surface area (Å²) in [7, 11) is 1.48. The number of hydrogen-bond donors (Lipinski definition) is 1. The molecule has 2 aromatic carbocycles. The Kier molecular flexibility index (Phi) is 7.45. The third-order valence-corrected chi connectivity index (χ3v) is 5.26. The number of aliphatic hydroxyl groups excluding tert-OH is 1. The molecule has 6 nitrogen and oxygen atoms in total. The van der Waals surface area contributed by atoms with Gasteiger partial charge < -0.3 is 14.7 Å². The average Bonchev–Trinajstić information content (AvgIpc) is 2.77. The van der Waals surface area contributed by atoms with Crippen LogP contribution in [0.5, 0.6) is 5.75 Å². The highest BCUT2D eigenvalue weighted by Gasteiger charge is 2.19. The highest BCUT2D eigenvalue weighted by molar-refractivity contribution is 6.31. The van der Waals surface area contributed by atoms with Crippen molar-refractivity contribution in [1.82, 2.24) is 9.47 Å². The SMILES string of the molecule is Cc1cc(OCc2ccc(F)cc2F)c(Cl)c(=O)n1-c1cc(C(=O)N(C)CCO)ccc1F. The summed E-state index contributed by atoms with van der Waals surface area (Å²) < 4.78 is 48.0. The summed E-state index contributed by atoms with van der Waals surface area (Å²) in [5.41, 5.74) is -0.598.